The minimum atomic E-state index is 0.666. The van der Waals surface area contributed by atoms with Crippen LogP contribution in [0.25, 0.3) is 0 Å². The maximum atomic E-state index is 5.86. The highest BCUT2D eigenvalue weighted by molar-refractivity contribution is 6.30. The summed E-state index contributed by atoms with van der Waals surface area (Å²) in [5, 5.41) is 0.830. The average Bonchev–Trinajstić information content (AvgIpc) is 2.25. The van der Waals surface area contributed by atoms with Gasteiger partial charge in [-0.25, -0.2) is 0 Å². The lowest BCUT2D eigenvalue weighted by Crippen LogP contribution is -1.93. The topological polar surface area (TPSA) is 0 Å². The summed E-state index contributed by atoms with van der Waals surface area (Å²) in [5.41, 5.74) is 1.41. The Morgan fingerprint density at radius 3 is 2.33 bits per heavy atom. The van der Waals surface area contributed by atoms with Gasteiger partial charge in [0.2, 0.25) is 0 Å². The van der Waals surface area contributed by atoms with E-state index in [2.05, 4.69) is 26.0 Å². The predicted octanol–water partition coefficient (Wildman–Crippen LogP) is 5.41. The SMILES string of the molecule is CCCCCCC(C)c1ccc(Cl)cc1. The molecule has 1 aromatic rings. The van der Waals surface area contributed by atoms with E-state index in [1.807, 2.05) is 12.1 Å². The van der Waals surface area contributed by atoms with Gasteiger partial charge in [-0.3, -0.25) is 0 Å². The predicted molar refractivity (Wildman–Crippen MR) is 68.6 cm³/mol. The Morgan fingerprint density at radius 1 is 1.07 bits per heavy atom. The van der Waals surface area contributed by atoms with Crippen molar-refractivity contribution in [2.75, 3.05) is 0 Å². The lowest BCUT2D eigenvalue weighted by atomic mass is 9.95. The highest BCUT2D eigenvalue weighted by Gasteiger charge is 2.04. The van der Waals surface area contributed by atoms with Crippen molar-refractivity contribution < 1.29 is 0 Å². The molecule has 0 bridgehead atoms. The van der Waals surface area contributed by atoms with Gasteiger partial charge in [-0.2, -0.15) is 0 Å². The van der Waals surface area contributed by atoms with Crippen molar-refractivity contribution in [2.24, 2.45) is 0 Å². The van der Waals surface area contributed by atoms with Gasteiger partial charge in [0, 0.05) is 5.02 Å². The molecule has 1 atom stereocenters. The largest absolute Gasteiger partial charge is 0.0843 e. The van der Waals surface area contributed by atoms with Gasteiger partial charge in [0.25, 0.3) is 0 Å². The van der Waals surface area contributed by atoms with Crippen molar-refractivity contribution in [3.05, 3.63) is 34.9 Å². The van der Waals surface area contributed by atoms with E-state index in [-0.39, 0.29) is 0 Å². The average molecular weight is 225 g/mol. The molecule has 1 aromatic carbocycles. The van der Waals surface area contributed by atoms with Crippen LogP contribution in [0.15, 0.2) is 24.3 Å². The summed E-state index contributed by atoms with van der Waals surface area (Å²) >= 11 is 5.86. The molecule has 0 heterocycles. The van der Waals surface area contributed by atoms with Crippen molar-refractivity contribution in [3.8, 4) is 0 Å². The van der Waals surface area contributed by atoms with Crippen LogP contribution in [0.3, 0.4) is 0 Å². The number of halogens is 1. The maximum Gasteiger partial charge on any atom is 0.0406 e. The fraction of sp³-hybridized carbons (Fsp3) is 0.571. The fourth-order valence-electron chi connectivity index (χ4n) is 1.84. The van der Waals surface area contributed by atoms with Crippen LogP contribution in [0, 0.1) is 0 Å². The first-order chi connectivity index (χ1) is 7.24. The second-order valence-corrected chi connectivity index (χ2v) is 4.74. The number of benzene rings is 1. The Labute approximate surface area is 98.7 Å². The van der Waals surface area contributed by atoms with Gasteiger partial charge in [0.1, 0.15) is 0 Å². The molecule has 0 aromatic heterocycles. The summed E-state index contributed by atoms with van der Waals surface area (Å²) in [5.74, 6) is 0.666. The van der Waals surface area contributed by atoms with E-state index in [0.717, 1.165) is 5.02 Å². The summed E-state index contributed by atoms with van der Waals surface area (Å²) < 4.78 is 0. The van der Waals surface area contributed by atoms with Crippen LogP contribution in [-0.4, -0.2) is 0 Å². The van der Waals surface area contributed by atoms with Crippen LogP contribution < -0.4 is 0 Å². The van der Waals surface area contributed by atoms with Crippen molar-refractivity contribution in [1.29, 1.82) is 0 Å². The molecule has 1 unspecified atom stereocenters. The zero-order chi connectivity index (χ0) is 11.1. The smallest absolute Gasteiger partial charge is 0.0406 e. The Kier molecular flexibility index (Phi) is 5.78. The van der Waals surface area contributed by atoms with Gasteiger partial charge in [-0.15, -0.1) is 0 Å². The van der Waals surface area contributed by atoms with E-state index >= 15 is 0 Å². The zero-order valence-electron chi connectivity index (χ0n) is 9.80. The first kappa shape index (κ1) is 12.6. The molecule has 0 radical (unpaired) electrons. The number of rotatable bonds is 6. The standard InChI is InChI=1S/C14H21Cl/c1-3-4-5-6-7-12(2)13-8-10-14(15)11-9-13/h8-12H,3-7H2,1-2H3. The first-order valence-electron chi connectivity index (χ1n) is 5.99. The second-order valence-electron chi connectivity index (χ2n) is 4.30. The molecular formula is C14H21Cl. The van der Waals surface area contributed by atoms with Crippen LogP contribution in [0.5, 0.6) is 0 Å². The van der Waals surface area contributed by atoms with Crippen molar-refractivity contribution in [2.45, 2.75) is 51.9 Å². The minimum absolute atomic E-state index is 0.666. The summed E-state index contributed by atoms with van der Waals surface area (Å²) in [7, 11) is 0. The van der Waals surface area contributed by atoms with Gasteiger partial charge >= 0.3 is 0 Å². The molecule has 0 saturated heterocycles. The van der Waals surface area contributed by atoms with E-state index in [9.17, 15) is 0 Å². The van der Waals surface area contributed by atoms with Crippen LogP contribution in [0.1, 0.15) is 57.4 Å². The van der Waals surface area contributed by atoms with E-state index in [1.54, 1.807) is 0 Å². The van der Waals surface area contributed by atoms with E-state index in [1.165, 1.54) is 37.7 Å². The van der Waals surface area contributed by atoms with Crippen molar-refractivity contribution in [3.63, 3.8) is 0 Å². The molecule has 0 aliphatic carbocycles. The summed E-state index contributed by atoms with van der Waals surface area (Å²) in [6.45, 7) is 4.55. The Hall–Kier alpha value is -0.490. The molecule has 0 nitrogen and oxygen atoms in total. The lowest BCUT2D eigenvalue weighted by Gasteiger charge is -2.11. The van der Waals surface area contributed by atoms with E-state index in [0.29, 0.717) is 5.92 Å². The molecule has 0 fully saturated rings. The third kappa shape index (κ3) is 4.70. The lowest BCUT2D eigenvalue weighted by molar-refractivity contribution is 0.580. The molecule has 0 N–H and O–H groups in total. The maximum absolute atomic E-state index is 5.86. The highest BCUT2D eigenvalue weighted by Crippen LogP contribution is 2.23. The van der Waals surface area contributed by atoms with Gasteiger partial charge < -0.3 is 0 Å². The monoisotopic (exact) mass is 224 g/mol. The first-order valence-corrected chi connectivity index (χ1v) is 6.37. The van der Waals surface area contributed by atoms with Crippen molar-refractivity contribution >= 4 is 11.6 Å². The van der Waals surface area contributed by atoms with E-state index < -0.39 is 0 Å². The third-order valence-electron chi connectivity index (χ3n) is 2.93. The molecule has 0 amide bonds. The third-order valence-corrected chi connectivity index (χ3v) is 3.18. The Balaban J connectivity index is 2.33. The van der Waals surface area contributed by atoms with E-state index in [4.69, 9.17) is 11.6 Å². The van der Waals surface area contributed by atoms with Gasteiger partial charge in [0.05, 0.1) is 0 Å². The summed E-state index contributed by atoms with van der Waals surface area (Å²) in [6, 6.07) is 8.26. The molecule has 0 spiro atoms. The number of unbranched alkanes of at least 4 members (excludes halogenated alkanes) is 3. The molecule has 84 valence electrons. The molecule has 0 aliphatic rings. The number of hydrogen-bond donors (Lipinski definition) is 0. The van der Waals surface area contributed by atoms with Crippen molar-refractivity contribution in [1.82, 2.24) is 0 Å². The van der Waals surface area contributed by atoms with Gasteiger partial charge in [-0.05, 0) is 30.0 Å². The second kappa shape index (κ2) is 6.90. The Bertz CT molecular complexity index is 263. The van der Waals surface area contributed by atoms with Gasteiger partial charge in [-0.1, -0.05) is 63.3 Å². The van der Waals surface area contributed by atoms with Gasteiger partial charge in [0.15, 0.2) is 0 Å². The van der Waals surface area contributed by atoms with Crippen LogP contribution >= 0.6 is 11.6 Å². The molecule has 1 rings (SSSR count). The summed E-state index contributed by atoms with van der Waals surface area (Å²) in [6.07, 6.45) is 6.69. The number of hydrogen-bond acceptors (Lipinski definition) is 0. The molecule has 15 heavy (non-hydrogen) atoms. The zero-order valence-corrected chi connectivity index (χ0v) is 10.6. The fourth-order valence-corrected chi connectivity index (χ4v) is 1.96. The normalized spacial score (nSPS) is 12.7. The quantitative estimate of drug-likeness (QED) is 0.567. The molecule has 0 saturated carbocycles. The minimum Gasteiger partial charge on any atom is -0.0843 e. The molecular weight excluding hydrogens is 204 g/mol. The molecule has 0 aliphatic heterocycles. The molecule has 1 heteroatoms. The van der Waals surface area contributed by atoms with Crippen LogP contribution in [-0.2, 0) is 0 Å². The Morgan fingerprint density at radius 2 is 1.73 bits per heavy atom. The van der Waals surface area contributed by atoms with Crippen LogP contribution in [0.2, 0.25) is 5.02 Å². The summed E-state index contributed by atoms with van der Waals surface area (Å²) in [4.78, 5) is 0. The highest BCUT2D eigenvalue weighted by atomic mass is 35.5. The van der Waals surface area contributed by atoms with Crippen LogP contribution in [0.4, 0.5) is 0 Å².